The van der Waals surface area contributed by atoms with Crippen LogP contribution in [-0.2, 0) is 23.9 Å². The number of rotatable bonds is 1. The van der Waals surface area contributed by atoms with Gasteiger partial charge in [-0.1, -0.05) is 6.07 Å². The molecule has 0 saturated carbocycles. The van der Waals surface area contributed by atoms with E-state index in [0.29, 0.717) is 24.3 Å². The zero-order valence-corrected chi connectivity index (χ0v) is 11.8. The standard InChI is InChI=1S/C15H11F3N4O/c16-15(17,18)9-2-1-3-10(6-9)22-14(20)12(7-19)11-4-5-23-8-13(11)21-22/h1-3,6,20H,4-5,8H2. The zero-order chi connectivity index (χ0) is 16.6. The van der Waals surface area contributed by atoms with Crippen molar-refractivity contribution >= 4 is 0 Å². The summed E-state index contributed by atoms with van der Waals surface area (Å²) >= 11 is 0. The summed E-state index contributed by atoms with van der Waals surface area (Å²) in [5.41, 5.74) is 0.238. The molecular weight excluding hydrogens is 309 g/mol. The Hall–Kier alpha value is -2.66. The van der Waals surface area contributed by atoms with Gasteiger partial charge in [0, 0.05) is 5.56 Å². The topological polar surface area (TPSA) is 74.7 Å². The maximum atomic E-state index is 12.9. The molecule has 0 unspecified atom stereocenters. The molecule has 2 heterocycles. The molecule has 0 radical (unpaired) electrons. The van der Waals surface area contributed by atoms with Crippen LogP contribution in [0.4, 0.5) is 13.2 Å². The van der Waals surface area contributed by atoms with Gasteiger partial charge in [-0.15, -0.1) is 0 Å². The Morgan fingerprint density at radius 2 is 2.13 bits per heavy atom. The maximum Gasteiger partial charge on any atom is 0.416 e. The maximum absolute atomic E-state index is 12.9. The summed E-state index contributed by atoms with van der Waals surface area (Å²) in [6.45, 7) is 0.597. The molecule has 3 rings (SSSR count). The number of hydrogen-bond acceptors (Lipinski definition) is 4. The molecule has 1 aromatic carbocycles. The molecule has 1 N–H and O–H groups in total. The van der Waals surface area contributed by atoms with Gasteiger partial charge in [-0.25, -0.2) is 4.68 Å². The average molecular weight is 320 g/mol. The second-order valence-corrected chi connectivity index (χ2v) is 5.02. The van der Waals surface area contributed by atoms with Gasteiger partial charge in [0.15, 0.2) is 5.49 Å². The highest BCUT2D eigenvalue weighted by Gasteiger charge is 2.30. The normalized spacial score (nSPS) is 14.2. The summed E-state index contributed by atoms with van der Waals surface area (Å²) < 4.78 is 44.9. The number of nitriles is 1. The van der Waals surface area contributed by atoms with Crippen LogP contribution < -0.4 is 5.49 Å². The van der Waals surface area contributed by atoms with E-state index in [4.69, 9.17) is 10.1 Å². The Morgan fingerprint density at radius 1 is 1.35 bits per heavy atom. The first-order valence-corrected chi connectivity index (χ1v) is 6.77. The molecular formula is C15H11F3N4O. The first kappa shape index (κ1) is 15.2. The second kappa shape index (κ2) is 5.52. The monoisotopic (exact) mass is 320 g/mol. The van der Waals surface area contributed by atoms with Gasteiger partial charge >= 0.3 is 6.18 Å². The SMILES string of the molecule is N#Cc1c2c(nn(-c3cccc(C(F)(F)F)c3)c1=N)COCC2. The lowest BCUT2D eigenvalue weighted by Crippen LogP contribution is -2.30. The number of nitrogens with zero attached hydrogens (tertiary/aromatic N) is 3. The molecule has 5 nitrogen and oxygen atoms in total. The Balaban J connectivity index is 2.22. The largest absolute Gasteiger partial charge is 0.416 e. The fourth-order valence-electron chi connectivity index (χ4n) is 2.47. The van der Waals surface area contributed by atoms with Crippen molar-refractivity contribution in [3.63, 3.8) is 0 Å². The highest BCUT2D eigenvalue weighted by Crippen LogP contribution is 2.30. The number of halogens is 3. The minimum absolute atomic E-state index is 0.0784. The molecule has 1 aromatic heterocycles. The van der Waals surface area contributed by atoms with Gasteiger partial charge in [0.1, 0.15) is 11.6 Å². The lowest BCUT2D eigenvalue weighted by Gasteiger charge is -2.19. The number of benzene rings is 1. The van der Waals surface area contributed by atoms with Crippen LogP contribution in [0.1, 0.15) is 22.4 Å². The van der Waals surface area contributed by atoms with E-state index in [-0.39, 0.29) is 23.3 Å². The number of ether oxygens (including phenoxy) is 1. The van der Waals surface area contributed by atoms with Crippen molar-refractivity contribution in [2.75, 3.05) is 6.61 Å². The molecule has 118 valence electrons. The van der Waals surface area contributed by atoms with E-state index in [9.17, 15) is 18.4 Å². The van der Waals surface area contributed by atoms with Crippen LogP contribution in [0.3, 0.4) is 0 Å². The van der Waals surface area contributed by atoms with Gasteiger partial charge in [0.05, 0.1) is 30.2 Å². The summed E-state index contributed by atoms with van der Waals surface area (Å²) in [6.07, 6.45) is -4.03. The number of nitrogens with one attached hydrogen (secondary N) is 1. The number of fused-ring (bicyclic) bond motifs is 1. The van der Waals surface area contributed by atoms with Gasteiger partial charge < -0.3 is 4.74 Å². The molecule has 1 aliphatic rings. The van der Waals surface area contributed by atoms with Crippen LogP contribution in [0.15, 0.2) is 24.3 Å². The van der Waals surface area contributed by atoms with Gasteiger partial charge in [0.2, 0.25) is 0 Å². The van der Waals surface area contributed by atoms with Crippen molar-refractivity contribution in [3.05, 3.63) is 52.1 Å². The van der Waals surface area contributed by atoms with Crippen LogP contribution >= 0.6 is 0 Å². The third-order valence-electron chi connectivity index (χ3n) is 3.58. The molecule has 0 bridgehead atoms. The summed E-state index contributed by atoms with van der Waals surface area (Å²) in [5, 5.41) is 21.6. The molecule has 1 aliphatic heterocycles. The first-order valence-electron chi connectivity index (χ1n) is 6.77. The Morgan fingerprint density at radius 3 is 2.83 bits per heavy atom. The lowest BCUT2D eigenvalue weighted by molar-refractivity contribution is -0.137. The van der Waals surface area contributed by atoms with E-state index in [2.05, 4.69) is 5.10 Å². The molecule has 0 aliphatic carbocycles. The molecule has 2 aromatic rings. The molecule has 0 spiro atoms. The number of aromatic nitrogens is 2. The Kier molecular flexibility index (Phi) is 3.66. The minimum atomic E-state index is -4.49. The van der Waals surface area contributed by atoms with Crippen molar-refractivity contribution < 1.29 is 17.9 Å². The molecule has 0 atom stereocenters. The molecule has 23 heavy (non-hydrogen) atoms. The van der Waals surface area contributed by atoms with E-state index < -0.39 is 11.7 Å². The summed E-state index contributed by atoms with van der Waals surface area (Å²) in [7, 11) is 0. The van der Waals surface area contributed by atoms with Crippen LogP contribution in [0.5, 0.6) is 0 Å². The molecule has 0 fully saturated rings. The highest BCUT2D eigenvalue weighted by molar-refractivity contribution is 5.42. The van der Waals surface area contributed by atoms with Crippen LogP contribution in [0.2, 0.25) is 0 Å². The van der Waals surface area contributed by atoms with E-state index in [1.165, 1.54) is 12.1 Å². The third kappa shape index (κ3) is 2.71. The van der Waals surface area contributed by atoms with Crippen molar-refractivity contribution in [1.29, 1.82) is 10.7 Å². The highest BCUT2D eigenvalue weighted by atomic mass is 19.4. The lowest BCUT2D eigenvalue weighted by atomic mass is 10.0. The van der Waals surface area contributed by atoms with Crippen molar-refractivity contribution in [2.45, 2.75) is 19.2 Å². The third-order valence-corrected chi connectivity index (χ3v) is 3.58. The second-order valence-electron chi connectivity index (χ2n) is 5.02. The van der Waals surface area contributed by atoms with E-state index in [0.717, 1.165) is 16.8 Å². The van der Waals surface area contributed by atoms with Crippen molar-refractivity contribution in [3.8, 4) is 11.8 Å². The van der Waals surface area contributed by atoms with Gasteiger partial charge in [0.25, 0.3) is 0 Å². The van der Waals surface area contributed by atoms with Crippen LogP contribution in [0.25, 0.3) is 5.69 Å². The Bertz CT molecular complexity index is 864. The Labute approximate surface area is 129 Å². The smallest absolute Gasteiger partial charge is 0.375 e. The predicted molar refractivity (Wildman–Crippen MR) is 72.5 cm³/mol. The summed E-state index contributed by atoms with van der Waals surface area (Å²) in [5.74, 6) is 0. The van der Waals surface area contributed by atoms with Gasteiger partial charge in [-0.3, -0.25) is 5.41 Å². The van der Waals surface area contributed by atoms with Gasteiger partial charge in [-0.05, 0) is 24.6 Å². The van der Waals surface area contributed by atoms with Gasteiger partial charge in [-0.2, -0.15) is 23.5 Å². The van der Waals surface area contributed by atoms with Crippen molar-refractivity contribution in [2.24, 2.45) is 0 Å². The summed E-state index contributed by atoms with van der Waals surface area (Å²) in [4.78, 5) is 0. The number of alkyl halides is 3. The van der Waals surface area contributed by atoms with E-state index in [1.807, 2.05) is 6.07 Å². The average Bonchev–Trinajstić information content (AvgIpc) is 2.53. The zero-order valence-electron chi connectivity index (χ0n) is 11.8. The van der Waals surface area contributed by atoms with Crippen molar-refractivity contribution in [1.82, 2.24) is 9.78 Å². The predicted octanol–water partition coefficient (Wildman–Crippen LogP) is 2.31. The summed E-state index contributed by atoms with van der Waals surface area (Å²) in [6, 6.07) is 6.46. The first-order chi connectivity index (χ1) is 10.9. The quantitative estimate of drug-likeness (QED) is 0.876. The minimum Gasteiger partial charge on any atom is -0.375 e. The van der Waals surface area contributed by atoms with Crippen LogP contribution in [0, 0.1) is 16.7 Å². The molecule has 0 amide bonds. The molecule has 8 heteroatoms. The fraction of sp³-hybridized carbons (Fsp3) is 0.267. The molecule has 0 saturated heterocycles. The van der Waals surface area contributed by atoms with E-state index >= 15 is 0 Å². The van der Waals surface area contributed by atoms with Crippen LogP contribution in [-0.4, -0.2) is 16.4 Å². The number of hydrogen-bond donors (Lipinski definition) is 1. The van der Waals surface area contributed by atoms with E-state index in [1.54, 1.807) is 0 Å². The fourth-order valence-corrected chi connectivity index (χ4v) is 2.47.